The van der Waals surface area contributed by atoms with Crippen LogP contribution in [0.2, 0.25) is 0 Å². The van der Waals surface area contributed by atoms with Gasteiger partial charge in [-0.1, -0.05) is 43.8 Å². The monoisotopic (exact) mass is 848 g/mol. The molecule has 0 amide bonds. The largest absolute Gasteiger partial charge is 0.492 e. The van der Waals surface area contributed by atoms with Crippen LogP contribution in [0.1, 0.15) is 61.1 Å². The Hall–Kier alpha value is -6.01. The van der Waals surface area contributed by atoms with Crippen LogP contribution in [0.25, 0.3) is 21.5 Å². The molecule has 0 saturated carbocycles. The second-order valence-electron chi connectivity index (χ2n) is 12.7. The van der Waals surface area contributed by atoms with Crippen molar-refractivity contribution in [3.05, 3.63) is 153 Å². The number of rotatable bonds is 13. The van der Waals surface area contributed by atoms with E-state index in [1.165, 1.54) is 0 Å². The number of halogens is 1. The van der Waals surface area contributed by atoms with E-state index in [9.17, 15) is 19.2 Å². The summed E-state index contributed by atoms with van der Waals surface area (Å²) in [5.41, 5.74) is 4.24. The molecule has 6 aromatic carbocycles. The number of carbonyl (C=O) groups is 4. The predicted octanol–water partition coefficient (Wildman–Crippen LogP) is 9.93. The summed E-state index contributed by atoms with van der Waals surface area (Å²) in [5, 5.41) is 3.11. The van der Waals surface area contributed by atoms with Gasteiger partial charge in [0.1, 0.15) is 23.0 Å². The van der Waals surface area contributed by atoms with Crippen LogP contribution in [-0.4, -0.2) is 37.1 Å². The molecule has 0 saturated heterocycles. The minimum atomic E-state index is -0.533. The highest BCUT2D eigenvalue weighted by molar-refractivity contribution is 14.1. The highest BCUT2D eigenvalue weighted by Gasteiger charge is 2.16. The molecule has 55 heavy (non-hydrogen) atoms. The molecule has 0 aromatic heterocycles. The first-order valence-corrected chi connectivity index (χ1v) is 18.6. The standard InChI is InChI=1S/C45H37IO9/c1-5-29-20-27(3)21-41(28(29)4)55-45(50)35-11-9-33-24-37(15-13-31(33)23-35)53-43(48)34-10-8-32-25-38(16-12-30(32)22-34)54-44(49)36-14-17-40(39(46)26-36)51-18-7-19-52-42(47)6-2/h6,8-17,20-26H,2,5,7,18-19H2,1,3-4H3. The van der Waals surface area contributed by atoms with Crippen LogP contribution in [0.4, 0.5) is 0 Å². The van der Waals surface area contributed by atoms with Crippen molar-refractivity contribution in [2.75, 3.05) is 13.2 Å². The van der Waals surface area contributed by atoms with E-state index in [2.05, 4.69) is 42.2 Å². The molecule has 0 radical (unpaired) electrons. The number of ether oxygens (including phenoxy) is 5. The molecule has 0 aliphatic heterocycles. The minimum absolute atomic E-state index is 0.216. The van der Waals surface area contributed by atoms with Crippen molar-refractivity contribution in [1.29, 1.82) is 0 Å². The van der Waals surface area contributed by atoms with Gasteiger partial charge < -0.3 is 23.7 Å². The summed E-state index contributed by atoms with van der Waals surface area (Å²) in [6.07, 6.45) is 2.46. The number of aryl methyl sites for hydroxylation is 2. The Kier molecular flexibility index (Phi) is 12.3. The number of esters is 4. The molecule has 0 aliphatic carbocycles. The Morgan fingerprint density at radius 2 is 1.15 bits per heavy atom. The quantitative estimate of drug-likeness (QED) is 0.0368. The van der Waals surface area contributed by atoms with Gasteiger partial charge in [0.05, 0.1) is 33.5 Å². The second-order valence-corrected chi connectivity index (χ2v) is 13.9. The summed E-state index contributed by atoms with van der Waals surface area (Å²) < 4.78 is 28.6. The van der Waals surface area contributed by atoms with Crippen molar-refractivity contribution in [3.8, 4) is 23.0 Å². The average molecular weight is 849 g/mol. The smallest absolute Gasteiger partial charge is 0.343 e. The summed E-state index contributed by atoms with van der Waals surface area (Å²) in [5.74, 6) is -0.128. The van der Waals surface area contributed by atoms with Crippen molar-refractivity contribution in [2.24, 2.45) is 0 Å². The molecule has 0 atom stereocenters. The van der Waals surface area contributed by atoms with Gasteiger partial charge in [-0.2, -0.15) is 0 Å². The molecule has 0 spiro atoms. The van der Waals surface area contributed by atoms with E-state index in [0.29, 0.717) is 52.7 Å². The van der Waals surface area contributed by atoms with Crippen LogP contribution in [-0.2, 0) is 16.0 Å². The molecular weight excluding hydrogens is 811 g/mol. The van der Waals surface area contributed by atoms with Crippen LogP contribution >= 0.6 is 22.6 Å². The third kappa shape index (κ3) is 9.57. The maximum absolute atomic E-state index is 13.2. The minimum Gasteiger partial charge on any atom is -0.492 e. The van der Waals surface area contributed by atoms with Crippen LogP contribution in [0.5, 0.6) is 23.0 Å². The fraction of sp³-hybridized carbons (Fsp3) is 0.156. The fourth-order valence-corrected chi connectivity index (χ4v) is 6.58. The van der Waals surface area contributed by atoms with Gasteiger partial charge in [-0.05, 0) is 154 Å². The molecule has 9 nitrogen and oxygen atoms in total. The maximum atomic E-state index is 13.2. The Balaban J connectivity index is 1.06. The number of hydrogen-bond donors (Lipinski definition) is 0. The fourth-order valence-electron chi connectivity index (χ4n) is 5.91. The van der Waals surface area contributed by atoms with E-state index < -0.39 is 23.9 Å². The van der Waals surface area contributed by atoms with E-state index in [1.54, 1.807) is 91.0 Å². The van der Waals surface area contributed by atoms with Gasteiger partial charge in [-0.15, -0.1) is 0 Å². The molecule has 0 unspecified atom stereocenters. The Morgan fingerprint density at radius 1 is 0.618 bits per heavy atom. The van der Waals surface area contributed by atoms with E-state index in [1.807, 2.05) is 19.9 Å². The van der Waals surface area contributed by atoms with Crippen molar-refractivity contribution < 1.29 is 42.9 Å². The predicted molar refractivity (Wildman–Crippen MR) is 218 cm³/mol. The lowest BCUT2D eigenvalue weighted by atomic mass is 10.0. The topological polar surface area (TPSA) is 114 Å². The van der Waals surface area contributed by atoms with E-state index in [-0.39, 0.29) is 6.61 Å². The van der Waals surface area contributed by atoms with E-state index >= 15 is 0 Å². The molecule has 0 bridgehead atoms. The molecule has 6 rings (SSSR count). The normalized spacial score (nSPS) is 10.8. The van der Waals surface area contributed by atoms with Gasteiger partial charge in [0.25, 0.3) is 0 Å². The lowest BCUT2D eigenvalue weighted by molar-refractivity contribution is -0.137. The third-order valence-electron chi connectivity index (χ3n) is 8.84. The number of benzene rings is 6. The van der Waals surface area contributed by atoms with Crippen LogP contribution in [0.15, 0.2) is 116 Å². The number of fused-ring (bicyclic) bond motifs is 2. The summed E-state index contributed by atoms with van der Waals surface area (Å²) in [6.45, 7) is 9.91. The van der Waals surface area contributed by atoms with Crippen molar-refractivity contribution >= 4 is 68.0 Å². The first-order chi connectivity index (χ1) is 26.5. The first-order valence-electron chi connectivity index (χ1n) is 17.6. The lowest BCUT2D eigenvalue weighted by Crippen LogP contribution is -2.10. The van der Waals surface area contributed by atoms with Gasteiger partial charge in [0.15, 0.2) is 0 Å². The Bertz CT molecular complexity index is 2470. The van der Waals surface area contributed by atoms with Crippen LogP contribution in [0.3, 0.4) is 0 Å². The summed E-state index contributed by atoms with van der Waals surface area (Å²) >= 11 is 2.08. The lowest BCUT2D eigenvalue weighted by Gasteiger charge is -2.13. The highest BCUT2D eigenvalue weighted by Crippen LogP contribution is 2.29. The highest BCUT2D eigenvalue weighted by atomic mass is 127. The second kappa shape index (κ2) is 17.4. The third-order valence-corrected chi connectivity index (χ3v) is 9.68. The molecule has 10 heteroatoms. The molecule has 0 N–H and O–H groups in total. The molecule has 278 valence electrons. The average Bonchev–Trinajstić information content (AvgIpc) is 3.18. The zero-order valence-electron chi connectivity index (χ0n) is 30.5. The van der Waals surface area contributed by atoms with Gasteiger partial charge in [0, 0.05) is 12.5 Å². The SMILES string of the molecule is C=CC(=O)OCCCOc1ccc(C(=O)Oc2ccc3cc(C(=O)Oc4ccc5cc(C(=O)Oc6cc(C)cc(CC)c6C)ccc5c4)ccc3c2)cc1I. The van der Waals surface area contributed by atoms with Crippen molar-refractivity contribution in [2.45, 2.75) is 33.6 Å². The molecule has 6 aromatic rings. The molecule has 0 fully saturated rings. The van der Waals surface area contributed by atoms with Crippen molar-refractivity contribution in [1.82, 2.24) is 0 Å². The first kappa shape index (κ1) is 38.7. The summed E-state index contributed by atoms with van der Waals surface area (Å²) in [7, 11) is 0. The van der Waals surface area contributed by atoms with E-state index in [4.69, 9.17) is 23.7 Å². The number of hydrogen-bond acceptors (Lipinski definition) is 9. The van der Waals surface area contributed by atoms with Gasteiger partial charge >= 0.3 is 23.9 Å². The zero-order chi connectivity index (χ0) is 39.1. The van der Waals surface area contributed by atoms with E-state index in [0.717, 1.165) is 54.3 Å². The van der Waals surface area contributed by atoms with Gasteiger partial charge in [-0.3, -0.25) is 0 Å². The van der Waals surface area contributed by atoms with Crippen LogP contribution in [0, 0.1) is 17.4 Å². The van der Waals surface area contributed by atoms with Gasteiger partial charge in [-0.25, -0.2) is 19.2 Å². The molecular formula is C45H37IO9. The molecule has 0 heterocycles. The number of carbonyl (C=O) groups excluding carboxylic acids is 4. The molecule has 0 aliphatic rings. The zero-order valence-corrected chi connectivity index (χ0v) is 32.6. The van der Waals surface area contributed by atoms with Gasteiger partial charge in [0.2, 0.25) is 0 Å². The summed E-state index contributed by atoms with van der Waals surface area (Å²) in [4.78, 5) is 50.3. The Labute approximate surface area is 331 Å². The summed E-state index contributed by atoms with van der Waals surface area (Å²) in [6, 6.07) is 29.7. The maximum Gasteiger partial charge on any atom is 0.343 e. The van der Waals surface area contributed by atoms with Crippen molar-refractivity contribution in [3.63, 3.8) is 0 Å². The van der Waals surface area contributed by atoms with Crippen LogP contribution < -0.4 is 18.9 Å². The Morgan fingerprint density at radius 3 is 1.71 bits per heavy atom.